The second kappa shape index (κ2) is 6.09. The average Bonchev–Trinajstić information content (AvgIpc) is 2.93. The van der Waals surface area contributed by atoms with Gasteiger partial charge in [0, 0.05) is 5.41 Å². The smallest absolute Gasteiger partial charge is 0.165 e. The van der Waals surface area contributed by atoms with Crippen molar-refractivity contribution in [3.63, 3.8) is 0 Å². The normalized spacial score (nSPS) is 33.4. The molecule has 3 aliphatic rings. The minimum absolute atomic E-state index is 0.198. The van der Waals surface area contributed by atoms with E-state index in [0.29, 0.717) is 29.3 Å². The first-order valence-electron chi connectivity index (χ1n) is 10.2. The number of aromatic hydroxyl groups is 1. The molecule has 2 saturated carbocycles. The molecule has 4 atom stereocenters. The second-order valence-corrected chi connectivity index (χ2v) is 8.87. The number of hydrogen-bond acceptors (Lipinski definition) is 2. The summed E-state index contributed by atoms with van der Waals surface area (Å²) in [5, 5.41) is 9.83. The summed E-state index contributed by atoms with van der Waals surface area (Å²) in [5.41, 5.74) is 4.68. The van der Waals surface area contributed by atoms with Gasteiger partial charge in [-0.25, -0.2) is 0 Å². The molecule has 0 unspecified atom stereocenters. The van der Waals surface area contributed by atoms with Gasteiger partial charge < -0.3 is 5.11 Å². The van der Waals surface area contributed by atoms with Gasteiger partial charge in [-0.05, 0) is 90.3 Å². The number of ketones is 1. The van der Waals surface area contributed by atoms with Gasteiger partial charge in [0.25, 0.3) is 0 Å². The molecule has 0 saturated heterocycles. The van der Waals surface area contributed by atoms with E-state index < -0.39 is 0 Å². The molecule has 0 aliphatic heterocycles. The molecule has 3 aliphatic carbocycles. The van der Waals surface area contributed by atoms with Crippen molar-refractivity contribution in [1.82, 2.24) is 0 Å². The first-order valence-corrected chi connectivity index (χ1v) is 10.2. The molecule has 0 amide bonds. The fourth-order valence-corrected chi connectivity index (χ4v) is 6.12. The Hall–Kier alpha value is -2.35. The number of carbonyl (C=O) groups excluding carboxylic acids is 1. The summed E-state index contributed by atoms with van der Waals surface area (Å²) in [5.74, 6) is 2.31. The zero-order valence-corrected chi connectivity index (χ0v) is 15.8. The van der Waals surface area contributed by atoms with E-state index in [-0.39, 0.29) is 5.41 Å². The Bertz CT molecular complexity index is 927. The molecule has 1 N–H and O–H groups in total. The Morgan fingerprint density at radius 2 is 1.93 bits per heavy atom. The van der Waals surface area contributed by atoms with Crippen LogP contribution < -0.4 is 0 Å². The molecule has 2 aromatic rings. The van der Waals surface area contributed by atoms with Crippen molar-refractivity contribution < 1.29 is 9.90 Å². The standard InChI is InChI=1S/C25H26O2/c1-25-12-11-21-20-10-8-19(26)14-17(20)7-9-22(21)23(25)15-18(24(25)27)13-16-5-3-2-4-6-16/h2-6,8,10,13-14,21-23,26H,7,9,11-12,15H2,1H3/t21-,22-,23+,25+/m1/s1. The van der Waals surface area contributed by atoms with Gasteiger partial charge in [-0.2, -0.15) is 0 Å². The predicted octanol–water partition coefficient (Wildman–Crippen LogP) is 5.51. The molecule has 0 radical (unpaired) electrons. The van der Waals surface area contributed by atoms with Crippen LogP contribution in [0.3, 0.4) is 0 Å². The van der Waals surface area contributed by atoms with Crippen molar-refractivity contribution >= 4 is 11.9 Å². The Kier molecular flexibility index (Phi) is 3.79. The Morgan fingerprint density at radius 1 is 1.11 bits per heavy atom. The van der Waals surface area contributed by atoms with Gasteiger partial charge in [0.2, 0.25) is 0 Å². The minimum atomic E-state index is -0.198. The summed E-state index contributed by atoms with van der Waals surface area (Å²) in [6.07, 6.45) is 7.25. The first kappa shape index (κ1) is 16.8. The number of allylic oxidation sites excluding steroid dienone is 1. The zero-order valence-electron chi connectivity index (χ0n) is 15.8. The SMILES string of the molecule is C[C@]12CC[C@@H]3c4ccc(O)cc4CC[C@H]3[C@@H]1CC(=Cc1ccccc1)C2=O. The van der Waals surface area contributed by atoms with E-state index in [1.807, 2.05) is 30.3 Å². The number of Topliss-reactive ketones (excluding diaryl/α,β-unsaturated/α-hetero) is 1. The van der Waals surface area contributed by atoms with E-state index in [2.05, 4.69) is 31.2 Å². The van der Waals surface area contributed by atoms with Crippen LogP contribution in [0.25, 0.3) is 6.08 Å². The van der Waals surface area contributed by atoms with Crippen LogP contribution in [-0.2, 0) is 11.2 Å². The van der Waals surface area contributed by atoms with Gasteiger partial charge in [-0.15, -0.1) is 0 Å². The van der Waals surface area contributed by atoms with Gasteiger partial charge in [0.05, 0.1) is 0 Å². The Labute approximate surface area is 160 Å². The summed E-state index contributed by atoms with van der Waals surface area (Å²) in [6.45, 7) is 2.22. The topological polar surface area (TPSA) is 37.3 Å². The monoisotopic (exact) mass is 358 g/mol. The molecular weight excluding hydrogens is 332 g/mol. The number of phenolic OH excluding ortho intramolecular Hbond substituents is 1. The van der Waals surface area contributed by atoms with Crippen molar-refractivity contribution in [2.75, 3.05) is 0 Å². The highest BCUT2D eigenvalue weighted by Gasteiger charge is 2.56. The summed E-state index contributed by atoms with van der Waals surface area (Å²) >= 11 is 0. The summed E-state index contributed by atoms with van der Waals surface area (Å²) in [7, 11) is 0. The fraction of sp³-hybridized carbons (Fsp3) is 0.400. The van der Waals surface area contributed by atoms with Crippen LogP contribution in [0, 0.1) is 17.3 Å². The van der Waals surface area contributed by atoms with Crippen LogP contribution >= 0.6 is 0 Å². The van der Waals surface area contributed by atoms with Gasteiger partial charge in [0.15, 0.2) is 5.78 Å². The van der Waals surface area contributed by atoms with E-state index in [9.17, 15) is 9.90 Å². The van der Waals surface area contributed by atoms with E-state index in [1.54, 1.807) is 0 Å². The molecule has 0 spiro atoms. The number of rotatable bonds is 1. The van der Waals surface area contributed by atoms with E-state index >= 15 is 0 Å². The molecule has 0 aromatic heterocycles. The van der Waals surface area contributed by atoms with Crippen LogP contribution in [0.5, 0.6) is 5.75 Å². The molecule has 2 nitrogen and oxygen atoms in total. The molecule has 2 fully saturated rings. The van der Waals surface area contributed by atoms with Crippen molar-refractivity contribution in [2.45, 2.75) is 44.9 Å². The number of carbonyl (C=O) groups is 1. The fourth-order valence-electron chi connectivity index (χ4n) is 6.12. The van der Waals surface area contributed by atoms with Crippen molar-refractivity contribution in [3.05, 3.63) is 70.8 Å². The van der Waals surface area contributed by atoms with Gasteiger partial charge in [-0.3, -0.25) is 4.79 Å². The quantitative estimate of drug-likeness (QED) is 0.682. The van der Waals surface area contributed by atoms with Crippen LogP contribution in [-0.4, -0.2) is 10.9 Å². The molecule has 0 heterocycles. The van der Waals surface area contributed by atoms with E-state index in [0.717, 1.165) is 43.2 Å². The molecule has 0 bridgehead atoms. The first-order chi connectivity index (χ1) is 13.1. The molecule has 138 valence electrons. The number of hydrogen-bond donors (Lipinski definition) is 1. The third-order valence-corrected chi connectivity index (χ3v) is 7.49. The van der Waals surface area contributed by atoms with Crippen LogP contribution in [0.2, 0.25) is 0 Å². The maximum absolute atomic E-state index is 13.3. The lowest BCUT2D eigenvalue weighted by Gasteiger charge is -2.48. The summed E-state index contributed by atoms with van der Waals surface area (Å²) < 4.78 is 0. The largest absolute Gasteiger partial charge is 0.508 e. The lowest BCUT2D eigenvalue weighted by Crippen LogP contribution is -2.42. The lowest BCUT2D eigenvalue weighted by molar-refractivity contribution is -0.127. The Morgan fingerprint density at radius 3 is 2.74 bits per heavy atom. The van der Waals surface area contributed by atoms with Crippen LogP contribution in [0.1, 0.15) is 55.2 Å². The van der Waals surface area contributed by atoms with E-state index in [4.69, 9.17) is 0 Å². The number of benzene rings is 2. The van der Waals surface area contributed by atoms with Gasteiger partial charge >= 0.3 is 0 Å². The number of fused-ring (bicyclic) bond motifs is 5. The maximum atomic E-state index is 13.3. The number of phenols is 1. The number of aryl methyl sites for hydroxylation is 1. The summed E-state index contributed by atoms with van der Waals surface area (Å²) in [6, 6.07) is 16.1. The molecule has 5 rings (SSSR count). The highest BCUT2D eigenvalue weighted by molar-refractivity contribution is 6.06. The van der Waals surface area contributed by atoms with E-state index in [1.165, 1.54) is 11.1 Å². The predicted molar refractivity (Wildman–Crippen MR) is 108 cm³/mol. The molecular formula is C25H26O2. The second-order valence-electron chi connectivity index (χ2n) is 8.87. The zero-order chi connectivity index (χ0) is 18.6. The highest BCUT2D eigenvalue weighted by Crippen LogP contribution is 2.60. The third-order valence-electron chi connectivity index (χ3n) is 7.49. The molecule has 2 aromatic carbocycles. The third kappa shape index (κ3) is 2.57. The average molecular weight is 358 g/mol. The van der Waals surface area contributed by atoms with Gasteiger partial charge in [-0.1, -0.05) is 43.3 Å². The highest BCUT2D eigenvalue weighted by atomic mass is 16.3. The summed E-state index contributed by atoms with van der Waals surface area (Å²) in [4.78, 5) is 13.3. The Balaban J connectivity index is 1.50. The maximum Gasteiger partial charge on any atom is 0.165 e. The van der Waals surface area contributed by atoms with Crippen molar-refractivity contribution in [1.29, 1.82) is 0 Å². The van der Waals surface area contributed by atoms with Crippen molar-refractivity contribution in [2.24, 2.45) is 17.3 Å². The van der Waals surface area contributed by atoms with Gasteiger partial charge in [0.1, 0.15) is 5.75 Å². The lowest BCUT2D eigenvalue weighted by atomic mass is 9.55. The van der Waals surface area contributed by atoms with Crippen LogP contribution in [0.4, 0.5) is 0 Å². The van der Waals surface area contributed by atoms with Crippen LogP contribution in [0.15, 0.2) is 54.1 Å². The molecule has 27 heavy (non-hydrogen) atoms. The molecule has 2 heteroatoms. The van der Waals surface area contributed by atoms with Crippen molar-refractivity contribution in [3.8, 4) is 5.75 Å². The minimum Gasteiger partial charge on any atom is -0.508 e.